The largest absolute Gasteiger partial charge is 0.487 e. The summed E-state index contributed by atoms with van der Waals surface area (Å²) in [5.74, 6) is -0.390. The first-order valence-electron chi connectivity index (χ1n) is 10.0. The number of benzene rings is 1. The van der Waals surface area contributed by atoms with Crippen LogP contribution in [0.25, 0.3) is 11.3 Å². The molecule has 13 heteroatoms. The molecule has 2 N–H and O–H groups in total. The molecule has 2 aromatic heterocycles. The van der Waals surface area contributed by atoms with Crippen molar-refractivity contribution in [2.24, 2.45) is 0 Å². The molecule has 34 heavy (non-hydrogen) atoms. The van der Waals surface area contributed by atoms with Crippen LogP contribution in [-0.2, 0) is 6.18 Å². The predicted molar refractivity (Wildman–Crippen MR) is 114 cm³/mol. The summed E-state index contributed by atoms with van der Waals surface area (Å²) in [6.45, 7) is 1.36. The van der Waals surface area contributed by atoms with E-state index in [1.165, 1.54) is 36.5 Å². The van der Waals surface area contributed by atoms with Crippen LogP contribution in [0.2, 0.25) is 0 Å². The number of anilines is 2. The van der Waals surface area contributed by atoms with E-state index in [4.69, 9.17) is 11.6 Å². The summed E-state index contributed by atoms with van der Waals surface area (Å²) in [6.07, 6.45) is -1.47. The monoisotopic (exact) mass is 501 g/mol. The van der Waals surface area contributed by atoms with E-state index in [1.54, 1.807) is 0 Å². The maximum absolute atomic E-state index is 13.1. The van der Waals surface area contributed by atoms with Gasteiger partial charge in [-0.15, -0.1) is 8.78 Å². The number of rotatable bonds is 6. The first-order chi connectivity index (χ1) is 16.0. The second-order valence-corrected chi connectivity index (χ2v) is 7.92. The fraction of sp³-hybridized carbons (Fsp3) is 0.286. The van der Waals surface area contributed by atoms with Gasteiger partial charge in [-0.05, 0) is 49.2 Å². The smallest absolute Gasteiger partial charge is 0.420 e. The zero-order valence-corrected chi connectivity index (χ0v) is 18.1. The summed E-state index contributed by atoms with van der Waals surface area (Å²) in [5, 5.41) is 8.32. The van der Waals surface area contributed by atoms with Crippen LogP contribution in [0, 0.1) is 0 Å². The summed E-state index contributed by atoms with van der Waals surface area (Å²) in [6, 6.07) is 7.31. The van der Waals surface area contributed by atoms with Gasteiger partial charge in [0.1, 0.15) is 17.3 Å². The van der Waals surface area contributed by atoms with Crippen LogP contribution in [0.5, 0.6) is 5.75 Å². The fourth-order valence-electron chi connectivity index (χ4n) is 3.50. The molecule has 1 aromatic carbocycles. The Morgan fingerprint density at radius 2 is 1.76 bits per heavy atom. The molecular weight excluding hydrogens is 485 g/mol. The molecule has 1 amide bonds. The summed E-state index contributed by atoms with van der Waals surface area (Å²) in [7, 11) is 0. The van der Waals surface area contributed by atoms with Gasteiger partial charge in [-0.3, -0.25) is 9.89 Å². The molecule has 3 aromatic rings. The van der Waals surface area contributed by atoms with E-state index in [0.717, 1.165) is 18.9 Å². The molecule has 180 valence electrons. The molecule has 1 aliphatic heterocycles. The average Bonchev–Trinajstić information content (AvgIpc) is 3.46. The minimum absolute atomic E-state index is 0.000112. The number of hydrogen-bond acceptors (Lipinski definition) is 5. The van der Waals surface area contributed by atoms with Gasteiger partial charge in [0.05, 0.1) is 11.3 Å². The third-order valence-electron chi connectivity index (χ3n) is 5.04. The average molecular weight is 502 g/mol. The number of amides is 1. The number of alkyl halides is 6. The van der Waals surface area contributed by atoms with Crippen molar-refractivity contribution in [3.8, 4) is 17.0 Å². The molecule has 7 nitrogen and oxygen atoms in total. The number of nitrogens with one attached hydrogen (secondary N) is 2. The lowest BCUT2D eigenvalue weighted by molar-refractivity contribution is -0.141. The number of pyridine rings is 1. The number of ether oxygens (including phenoxy) is 1. The lowest BCUT2D eigenvalue weighted by Gasteiger charge is -2.20. The highest BCUT2D eigenvalue weighted by molar-refractivity contribution is 6.20. The molecule has 1 saturated heterocycles. The van der Waals surface area contributed by atoms with E-state index < -0.39 is 23.3 Å². The Hall–Kier alpha value is -3.41. The van der Waals surface area contributed by atoms with Crippen LogP contribution >= 0.6 is 11.6 Å². The lowest BCUT2D eigenvalue weighted by atomic mass is 10.1. The maximum Gasteiger partial charge on any atom is 0.487 e. The summed E-state index contributed by atoms with van der Waals surface area (Å²) in [5.41, 5.74) is -4.28. The predicted octanol–water partition coefficient (Wildman–Crippen LogP) is 5.51. The van der Waals surface area contributed by atoms with Gasteiger partial charge in [-0.25, -0.2) is 4.98 Å². The molecule has 0 spiro atoms. The molecule has 0 aliphatic carbocycles. The molecule has 0 saturated carbocycles. The van der Waals surface area contributed by atoms with Crippen molar-refractivity contribution in [3.05, 3.63) is 53.9 Å². The number of hydrogen-bond donors (Lipinski definition) is 2. The first kappa shape index (κ1) is 23.7. The van der Waals surface area contributed by atoms with Crippen LogP contribution in [-0.4, -0.2) is 39.7 Å². The second-order valence-electron chi connectivity index (χ2n) is 7.48. The number of H-pyrrole nitrogens is 1. The minimum Gasteiger partial charge on any atom is -0.420 e. The van der Waals surface area contributed by atoms with Crippen LogP contribution in [0.15, 0.2) is 42.6 Å². The molecule has 1 fully saturated rings. The van der Waals surface area contributed by atoms with Gasteiger partial charge < -0.3 is 15.0 Å². The van der Waals surface area contributed by atoms with Crippen LogP contribution < -0.4 is 15.0 Å². The standard InChI is InChI=1S/C21H17ClF5N5O2/c22-21(26,27)34-14-5-3-13(4-6-14)29-19(33)12-9-15(16-10-17(31-30-16)20(23,24)25)18(28-11-12)32-7-1-2-8-32/h3-6,9-11H,1-2,7-8H2,(H,29,33)(H,30,31). The lowest BCUT2D eigenvalue weighted by Crippen LogP contribution is -2.21. The third kappa shape index (κ3) is 5.56. The quantitative estimate of drug-likeness (QED) is 0.344. The van der Waals surface area contributed by atoms with E-state index in [0.29, 0.717) is 18.9 Å². The SMILES string of the molecule is O=C(Nc1ccc(OC(F)(F)Cl)cc1)c1cnc(N2CCCC2)c(-c2cc(C(F)(F)F)[nH]n2)c1. The Bertz CT molecular complexity index is 1170. The number of carbonyl (C=O) groups is 1. The van der Waals surface area contributed by atoms with Gasteiger partial charge in [0.2, 0.25) is 0 Å². The molecule has 0 bridgehead atoms. The van der Waals surface area contributed by atoms with E-state index in [2.05, 4.69) is 20.1 Å². The summed E-state index contributed by atoms with van der Waals surface area (Å²) >= 11 is 4.72. The number of aromatic amines is 1. The zero-order chi connectivity index (χ0) is 24.5. The normalized spacial score (nSPS) is 14.4. The minimum atomic E-state index is -4.61. The van der Waals surface area contributed by atoms with Crippen LogP contribution in [0.1, 0.15) is 28.9 Å². The van der Waals surface area contributed by atoms with E-state index in [9.17, 15) is 26.7 Å². The van der Waals surface area contributed by atoms with Gasteiger partial charge in [0.25, 0.3) is 5.91 Å². The number of nitrogens with zero attached hydrogens (tertiary/aromatic N) is 3. The van der Waals surface area contributed by atoms with Gasteiger partial charge in [-0.1, -0.05) is 0 Å². The molecule has 0 radical (unpaired) electrons. The molecule has 1 aliphatic rings. The van der Waals surface area contributed by atoms with Gasteiger partial charge in [0, 0.05) is 42.1 Å². The Morgan fingerprint density at radius 3 is 2.35 bits per heavy atom. The van der Waals surface area contributed by atoms with Crippen molar-refractivity contribution in [3.63, 3.8) is 0 Å². The maximum atomic E-state index is 13.1. The van der Waals surface area contributed by atoms with Crippen molar-refractivity contribution >= 4 is 29.0 Å². The highest BCUT2D eigenvalue weighted by atomic mass is 35.5. The molecule has 4 rings (SSSR count). The van der Waals surface area contributed by atoms with Crippen molar-refractivity contribution in [1.82, 2.24) is 15.2 Å². The topological polar surface area (TPSA) is 83.1 Å². The van der Waals surface area contributed by atoms with E-state index >= 15 is 0 Å². The Morgan fingerprint density at radius 1 is 1.09 bits per heavy atom. The molecule has 0 atom stereocenters. The summed E-state index contributed by atoms with van der Waals surface area (Å²) in [4.78, 5) is 19.0. The van der Waals surface area contributed by atoms with E-state index in [-0.39, 0.29) is 28.3 Å². The highest BCUT2D eigenvalue weighted by Gasteiger charge is 2.34. The number of halogens is 6. The fourth-order valence-corrected chi connectivity index (χ4v) is 3.59. The number of aromatic nitrogens is 3. The number of carbonyl (C=O) groups excluding carboxylic acids is 1. The van der Waals surface area contributed by atoms with Crippen LogP contribution in [0.3, 0.4) is 0 Å². The third-order valence-corrected chi connectivity index (χ3v) is 5.12. The van der Waals surface area contributed by atoms with Crippen molar-refractivity contribution in [2.45, 2.75) is 24.6 Å². The van der Waals surface area contributed by atoms with Gasteiger partial charge >= 0.3 is 11.7 Å². The first-order valence-corrected chi connectivity index (χ1v) is 10.4. The van der Waals surface area contributed by atoms with Gasteiger partial charge in [-0.2, -0.15) is 18.3 Å². The Kier molecular flexibility index (Phi) is 6.34. The van der Waals surface area contributed by atoms with Crippen molar-refractivity contribution in [2.75, 3.05) is 23.3 Å². The molecular formula is C21H17ClF5N5O2. The highest BCUT2D eigenvalue weighted by Crippen LogP contribution is 2.35. The Balaban J connectivity index is 1.60. The van der Waals surface area contributed by atoms with Crippen molar-refractivity contribution in [1.29, 1.82) is 0 Å². The summed E-state index contributed by atoms with van der Waals surface area (Å²) < 4.78 is 68.9. The van der Waals surface area contributed by atoms with Gasteiger partial charge in [0.15, 0.2) is 0 Å². The molecule has 3 heterocycles. The van der Waals surface area contributed by atoms with E-state index in [1.807, 2.05) is 10.00 Å². The zero-order valence-electron chi connectivity index (χ0n) is 17.3. The van der Waals surface area contributed by atoms with Crippen LogP contribution in [0.4, 0.5) is 33.5 Å². The van der Waals surface area contributed by atoms with Crippen molar-refractivity contribution < 1.29 is 31.5 Å². The second kappa shape index (κ2) is 9.09. The Labute approximate surface area is 194 Å². The molecule has 0 unspecified atom stereocenters.